The summed E-state index contributed by atoms with van der Waals surface area (Å²) in [6.07, 6.45) is 2.24. The highest BCUT2D eigenvalue weighted by Gasteiger charge is 2.35. The van der Waals surface area contributed by atoms with Crippen molar-refractivity contribution in [1.82, 2.24) is 10.2 Å². The zero-order valence-corrected chi connectivity index (χ0v) is 20.3. The van der Waals surface area contributed by atoms with Gasteiger partial charge in [0.1, 0.15) is 23.7 Å². The molecule has 34 heavy (non-hydrogen) atoms. The van der Waals surface area contributed by atoms with Gasteiger partial charge in [-0.25, -0.2) is 0 Å². The van der Waals surface area contributed by atoms with Gasteiger partial charge in [-0.3, -0.25) is 24.6 Å². The maximum Gasteiger partial charge on any atom is 0.265 e. The molecule has 1 aliphatic heterocycles. The van der Waals surface area contributed by atoms with Crippen LogP contribution in [0.3, 0.4) is 0 Å². The quantitative estimate of drug-likeness (QED) is 0.339. The van der Waals surface area contributed by atoms with E-state index < -0.39 is 11.8 Å². The van der Waals surface area contributed by atoms with Crippen LogP contribution in [0.4, 0.5) is 5.69 Å². The molecule has 0 bridgehead atoms. The lowest BCUT2D eigenvalue weighted by Crippen LogP contribution is -2.56. The van der Waals surface area contributed by atoms with Crippen molar-refractivity contribution in [2.75, 3.05) is 12.4 Å². The molecule has 0 spiro atoms. The number of carbonyl (C=O) groups excluding carboxylic acids is 3. The minimum Gasteiger partial charge on any atom is -0.496 e. The number of anilines is 1. The van der Waals surface area contributed by atoms with Gasteiger partial charge in [0, 0.05) is 24.2 Å². The molecule has 1 atom stereocenters. The molecule has 0 radical (unpaired) electrons. The van der Waals surface area contributed by atoms with E-state index in [2.05, 4.69) is 10.6 Å². The molecule has 3 amide bonds. The predicted molar refractivity (Wildman–Crippen MR) is 133 cm³/mol. The summed E-state index contributed by atoms with van der Waals surface area (Å²) in [5, 5.41) is 5.42. The molecule has 9 heteroatoms. The van der Waals surface area contributed by atoms with Crippen molar-refractivity contribution < 1.29 is 23.9 Å². The number of ether oxygens (including phenoxy) is 2. The van der Waals surface area contributed by atoms with Gasteiger partial charge in [0.15, 0.2) is 5.11 Å². The molecule has 1 aliphatic rings. The number of rotatable bonds is 8. The summed E-state index contributed by atoms with van der Waals surface area (Å²) in [6, 6.07) is 12.2. The van der Waals surface area contributed by atoms with E-state index >= 15 is 0 Å². The SMILES string of the molecule is CCC(C)N1C(=O)/C(=C\c2ccc(OC)c(COc3ccc(NC(C)=O)cc3)c2)C(=O)NC1=S. The van der Waals surface area contributed by atoms with E-state index in [1.165, 1.54) is 11.8 Å². The Morgan fingerprint density at radius 2 is 1.91 bits per heavy atom. The summed E-state index contributed by atoms with van der Waals surface area (Å²) in [5.41, 5.74) is 2.07. The first kappa shape index (κ1) is 24.9. The first-order valence-electron chi connectivity index (χ1n) is 10.8. The van der Waals surface area contributed by atoms with E-state index in [0.717, 1.165) is 5.56 Å². The van der Waals surface area contributed by atoms with Gasteiger partial charge in [-0.2, -0.15) is 0 Å². The van der Waals surface area contributed by atoms with Gasteiger partial charge >= 0.3 is 0 Å². The number of carbonyl (C=O) groups is 3. The first-order valence-corrected chi connectivity index (χ1v) is 11.2. The third-order valence-electron chi connectivity index (χ3n) is 5.35. The molecule has 2 aromatic carbocycles. The molecule has 1 fully saturated rings. The first-order chi connectivity index (χ1) is 16.2. The summed E-state index contributed by atoms with van der Waals surface area (Å²) in [6.45, 7) is 5.47. The Balaban J connectivity index is 1.82. The Morgan fingerprint density at radius 1 is 1.21 bits per heavy atom. The highest BCUT2D eigenvalue weighted by atomic mass is 32.1. The van der Waals surface area contributed by atoms with Gasteiger partial charge in [0.2, 0.25) is 5.91 Å². The fraction of sp³-hybridized carbons (Fsp3) is 0.280. The zero-order valence-electron chi connectivity index (χ0n) is 19.5. The van der Waals surface area contributed by atoms with Crippen LogP contribution < -0.4 is 20.1 Å². The Bertz CT molecular complexity index is 1140. The van der Waals surface area contributed by atoms with Crippen LogP contribution >= 0.6 is 12.2 Å². The number of benzene rings is 2. The zero-order chi connectivity index (χ0) is 24.8. The van der Waals surface area contributed by atoms with Crippen molar-refractivity contribution in [3.63, 3.8) is 0 Å². The van der Waals surface area contributed by atoms with Crippen molar-refractivity contribution in [2.45, 2.75) is 39.8 Å². The van der Waals surface area contributed by atoms with Gasteiger partial charge in [-0.15, -0.1) is 0 Å². The van der Waals surface area contributed by atoms with Crippen molar-refractivity contribution >= 4 is 46.8 Å². The molecule has 1 unspecified atom stereocenters. The molecule has 3 rings (SSSR count). The number of nitrogens with one attached hydrogen (secondary N) is 2. The Labute approximate surface area is 203 Å². The van der Waals surface area contributed by atoms with Crippen LogP contribution in [0.15, 0.2) is 48.0 Å². The molecule has 1 heterocycles. The van der Waals surface area contributed by atoms with Crippen LogP contribution in [-0.4, -0.2) is 40.9 Å². The van der Waals surface area contributed by atoms with Gasteiger partial charge in [0.05, 0.1) is 7.11 Å². The van der Waals surface area contributed by atoms with Crippen LogP contribution in [0, 0.1) is 0 Å². The van der Waals surface area contributed by atoms with E-state index in [9.17, 15) is 14.4 Å². The molecule has 0 saturated carbocycles. The van der Waals surface area contributed by atoms with Gasteiger partial charge in [0.25, 0.3) is 11.8 Å². The molecule has 2 N–H and O–H groups in total. The Morgan fingerprint density at radius 3 is 2.53 bits per heavy atom. The number of nitrogens with zero attached hydrogens (tertiary/aromatic N) is 1. The van der Waals surface area contributed by atoms with Crippen LogP contribution in [0.5, 0.6) is 11.5 Å². The average Bonchev–Trinajstić information content (AvgIpc) is 2.80. The van der Waals surface area contributed by atoms with Crippen LogP contribution in [0.2, 0.25) is 0 Å². The van der Waals surface area contributed by atoms with Crippen LogP contribution in [-0.2, 0) is 21.0 Å². The van der Waals surface area contributed by atoms with Gasteiger partial charge < -0.3 is 14.8 Å². The second-order valence-corrected chi connectivity index (χ2v) is 8.20. The summed E-state index contributed by atoms with van der Waals surface area (Å²) in [4.78, 5) is 38.1. The largest absolute Gasteiger partial charge is 0.496 e. The average molecular weight is 482 g/mol. The molecule has 0 aromatic heterocycles. The maximum absolute atomic E-state index is 13.0. The minimum atomic E-state index is -0.526. The molecule has 8 nitrogen and oxygen atoms in total. The number of thiocarbonyl (C=S) groups is 1. The number of hydrogen-bond acceptors (Lipinski definition) is 6. The highest BCUT2D eigenvalue weighted by Crippen LogP contribution is 2.25. The fourth-order valence-corrected chi connectivity index (χ4v) is 3.78. The summed E-state index contributed by atoms with van der Waals surface area (Å²) in [7, 11) is 1.56. The normalized spacial score (nSPS) is 15.7. The maximum atomic E-state index is 13.0. The third-order valence-corrected chi connectivity index (χ3v) is 5.65. The molecule has 2 aromatic rings. The standard InChI is InChI=1S/C25H27N3O5S/c1-5-15(2)28-24(31)21(23(30)27-25(28)34)13-17-6-11-22(32-4)18(12-17)14-33-20-9-7-19(8-10-20)26-16(3)29/h6-13,15H,5,14H2,1-4H3,(H,26,29)(H,27,30,34)/b21-13-. The molecular formula is C25H27N3O5S. The Hall–Kier alpha value is -3.72. The molecular weight excluding hydrogens is 454 g/mol. The smallest absolute Gasteiger partial charge is 0.265 e. The second-order valence-electron chi connectivity index (χ2n) is 7.82. The van der Waals surface area contributed by atoms with Crippen LogP contribution in [0.25, 0.3) is 6.08 Å². The van der Waals surface area contributed by atoms with E-state index in [0.29, 0.717) is 29.2 Å². The number of amides is 3. The fourth-order valence-electron chi connectivity index (χ4n) is 3.42. The van der Waals surface area contributed by atoms with E-state index in [-0.39, 0.29) is 29.2 Å². The summed E-state index contributed by atoms with van der Waals surface area (Å²) >= 11 is 5.20. The molecule has 1 saturated heterocycles. The molecule has 178 valence electrons. The van der Waals surface area contributed by atoms with Crippen LogP contribution in [0.1, 0.15) is 38.3 Å². The summed E-state index contributed by atoms with van der Waals surface area (Å²) < 4.78 is 11.3. The lowest BCUT2D eigenvalue weighted by Gasteiger charge is -2.33. The van der Waals surface area contributed by atoms with Crippen molar-refractivity contribution in [3.8, 4) is 11.5 Å². The predicted octanol–water partition coefficient (Wildman–Crippen LogP) is 3.66. The third kappa shape index (κ3) is 5.79. The van der Waals surface area contributed by atoms with Crippen molar-refractivity contribution in [2.24, 2.45) is 0 Å². The number of methoxy groups -OCH3 is 1. The van der Waals surface area contributed by atoms with E-state index in [1.807, 2.05) is 13.8 Å². The van der Waals surface area contributed by atoms with E-state index in [4.69, 9.17) is 21.7 Å². The Kier molecular flexibility index (Phi) is 8.01. The second kappa shape index (κ2) is 10.9. The van der Waals surface area contributed by atoms with E-state index in [1.54, 1.807) is 55.7 Å². The molecule has 0 aliphatic carbocycles. The minimum absolute atomic E-state index is 0.0134. The summed E-state index contributed by atoms with van der Waals surface area (Å²) in [5.74, 6) is 0.125. The monoisotopic (exact) mass is 481 g/mol. The lowest BCUT2D eigenvalue weighted by molar-refractivity contribution is -0.130. The van der Waals surface area contributed by atoms with Gasteiger partial charge in [-0.05, 0) is 73.6 Å². The topological polar surface area (TPSA) is 97.0 Å². The highest BCUT2D eigenvalue weighted by molar-refractivity contribution is 7.80. The van der Waals surface area contributed by atoms with Gasteiger partial charge in [-0.1, -0.05) is 13.0 Å². The van der Waals surface area contributed by atoms with Crippen molar-refractivity contribution in [3.05, 3.63) is 59.2 Å². The lowest BCUT2D eigenvalue weighted by atomic mass is 10.0. The number of hydrogen-bond donors (Lipinski definition) is 2. The van der Waals surface area contributed by atoms with Crippen molar-refractivity contribution in [1.29, 1.82) is 0 Å².